The van der Waals surface area contributed by atoms with E-state index in [-0.39, 0.29) is 15.5 Å². The third-order valence-corrected chi connectivity index (χ3v) is 8.05. The lowest BCUT2D eigenvalue weighted by atomic mass is 10.2. The number of sulfonamides is 1. The Labute approximate surface area is 181 Å². The van der Waals surface area contributed by atoms with Crippen molar-refractivity contribution in [2.45, 2.75) is 36.2 Å². The van der Waals surface area contributed by atoms with Gasteiger partial charge in [-0.05, 0) is 62.2 Å². The molecule has 0 spiro atoms. The van der Waals surface area contributed by atoms with Crippen molar-refractivity contribution < 1.29 is 17.4 Å². The van der Waals surface area contributed by atoms with Crippen LogP contribution in [0, 0.1) is 0 Å². The van der Waals surface area contributed by atoms with Gasteiger partial charge in [0, 0.05) is 47.2 Å². The standard InChI is InChI=1S/C22H28N2O4S2/c1-22(2,3)29(26)16-18-7-6-8-19(15-18)23-21(25)14-11-17-9-12-20(13-10-17)30(27,28)24(4)5/h6-15H,16H2,1-5H3,(H,23,25)/b14-11+. The van der Waals surface area contributed by atoms with Crippen LogP contribution in [0.2, 0.25) is 0 Å². The number of carbonyl (C=O) groups excluding carboxylic acids is 1. The lowest BCUT2D eigenvalue weighted by Crippen LogP contribution is -2.23. The zero-order chi connectivity index (χ0) is 22.5. The highest BCUT2D eigenvalue weighted by Crippen LogP contribution is 2.19. The Kier molecular flexibility index (Phi) is 7.74. The lowest BCUT2D eigenvalue weighted by Gasteiger charge is -2.17. The first-order chi connectivity index (χ1) is 13.9. The normalized spacial score (nSPS) is 13.5. The predicted molar refractivity (Wildman–Crippen MR) is 123 cm³/mol. The number of benzene rings is 2. The van der Waals surface area contributed by atoms with Gasteiger partial charge >= 0.3 is 0 Å². The summed E-state index contributed by atoms with van der Waals surface area (Å²) in [5.74, 6) is 0.111. The molecule has 1 amide bonds. The number of hydrogen-bond donors (Lipinski definition) is 1. The molecule has 2 aromatic rings. The van der Waals surface area contributed by atoms with Crippen LogP contribution in [0.3, 0.4) is 0 Å². The number of amides is 1. The Bertz CT molecular complexity index is 1050. The molecular weight excluding hydrogens is 420 g/mol. The molecule has 0 saturated heterocycles. The summed E-state index contributed by atoms with van der Waals surface area (Å²) in [6, 6.07) is 13.6. The molecule has 0 aromatic heterocycles. The van der Waals surface area contributed by atoms with E-state index in [0.29, 0.717) is 17.0 Å². The second-order valence-electron chi connectivity index (χ2n) is 7.98. The van der Waals surface area contributed by atoms with Gasteiger partial charge in [0.15, 0.2) is 0 Å². The minimum absolute atomic E-state index is 0.193. The van der Waals surface area contributed by atoms with Gasteiger partial charge < -0.3 is 5.32 Å². The Hall–Kier alpha value is -2.29. The molecule has 0 saturated carbocycles. The summed E-state index contributed by atoms with van der Waals surface area (Å²) < 4.78 is 37.3. The molecule has 1 N–H and O–H groups in total. The Balaban J connectivity index is 2.03. The molecule has 0 aliphatic heterocycles. The van der Waals surface area contributed by atoms with E-state index in [9.17, 15) is 17.4 Å². The second kappa shape index (κ2) is 9.68. The summed E-state index contributed by atoms with van der Waals surface area (Å²) in [6.45, 7) is 5.80. The molecule has 1 unspecified atom stereocenters. The van der Waals surface area contributed by atoms with Crippen LogP contribution in [0.5, 0.6) is 0 Å². The monoisotopic (exact) mass is 448 g/mol. The van der Waals surface area contributed by atoms with Gasteiger partial charge in [0.2, 0.25) is 15.9 Å². The maximum absolute atomic E-state index is 12.3. The SMILES string of the molecule is CN(C)S(=O)(=O)c1ccc(/C=C/C(=O)Nc2cccc(CS(=O)C(C)(C)C)c2)cc1. The van der Waals surface area contributed by atoms with Crippen LogP contribution in [-0.4, -0.2) is 41.7 Å². The molecule has 1 atom stereocenters. The van der Waals surface area contributed by atoms with Gasteiger partial charge in [0.05, 0.1) is 4.90 Å². The van der Waals surface area contributed by atoms with Crippen molar-refractivity contribution >= 4 is 38.5 Å². The van der Waals surface area contributed by atoms with E-state index < -0.39 is 20.8 Å². The number of rotatable bonds is 7. The Morgan fingerprint density at radius 1 is 1.10 bits per heavy atom. The highest BCUT2D eigenvalue weighted by molar-refractivity contribution is 7.89. The van der Waals surface area contributed by atoms with Crippen molar-refractivity contribution in [2.24, 2.45) is 0 Å². The average Bonchev–Trinajstić information content (AvgIpc) is 2.66. The van der Waals surface area contributed by atoms with E-state index in [1.807, 2.05) is 39.0 Å². The van der Waals surface area contributed by atoms with E-state index >= 15 is 0 Å². The number of nitrogens with one attached hydrogen (secondary N) is 1. The minimum Gasteiger partial charge on any atom is -0.323 e. The molecular formula is C22H28N2O4S2. The first kappa shape index (κ1) is 24.0. The van der Waals surface area contributed by atoms with Gasteiger partial charge in [-0.2, -0.15) is 0 Å². The van der Waals surface area contributed by atoms with E-state index in [0.717, 1.165) is 9.87 Å². The van der Waals surface area contributed by atoms with Gasteiger partial charge in [-0.15, -0.1) is 0 Å². The van der Waals surface area contributed by atoms with Crippen LogP contribution < -0.4 is 5.32 Å². The average molecular weight is 449 g/mol. The fraction of sp³-hybridized carbons (Fsp3) is 0.318. The molecule has 0 heterocycles. The topological polar surface area (TPSA) is 83.6 Å². The van der Waals surface area contributed by atoms with Crippen LogP contribution in [0.15, 0.2) is 59.5 Å². The maximum Gasteiger partial charge on any atom is 0.248 e. The lowest BCUT2D eigenvalue weighted by molar-refractivity contribution is -0.111. The molecule has 8 heteroatoms. The largest absolute Gasteiger partial charge is 0.323 e. The molecule has 162 valence electrons. The zero-order valence-electron chi connectivity index (χ0n) is 17.9. The van der Waals surface area contributed by atoms with Crippen molar-refractivity contribution in [3.63, 3.8) is 0 Å². The van der Waals surface area contributed by atoms with Gasteiger partial charge in [-0.1, -0.05) is 24.3 Å². The van der Waals surface area contributed by atoms with Crippen LogP contribution in [-0.2, 0) is 31.4 Å². The van der Waals surface area contributed by atoms with Crippen molar-refractivity contribution in [3.05, 3.63) is 65.7 Å². The van der Waals surface area contributed by atoms with E-state index in [2.05, 4.69) is 5.32 Å². The second-order valence-corrected chi connectivity index (χ2v) is 12.3. The molecule has 0 radical (unpaired) electrons. The van der Waals surface area contributed by atoms with E-state index in [1.165, 1.54) is 32.3 Å². The summed E-state index contributed by atoms with van der Waals surface area (Å²) in [5, 5.41) is 2.79. The van der Waals surface area contributed by atoms with Crippen molar-refractivity contribution in [3.8, 4) is 0 Å². The van der Waals surface area contributed by atoms with Crippen LogP contribution in [0.1, 0.15) is 31.9 Å². The summed E-state index contributed by atoms with van der Waals surface area (Å²) in [6.07, 6.45) is 3.00. The number of carbonyl (C=O) groups is 1. The number of nitrogens with zero attached hydrogens (tertiary/aromatic N) is 1. The molecule has 0 fully saturated rings. The summed E-state index contributed by atoms with van der Waals surface area (Å²) in [5.41, 5.74) is 2.22. The van der Waals surface area contributed by atoms with Crippen molar-refractivity contribution in [1.29, 1.82) is 0 Å². The van der Waals surface area contributed by atoms with Crippen molar-refractivity contribution in [1.82, 2.24) is 4.31 Å². The summed E-state index contributed by atoms with van der Waals surface area (Å²) in [7, 11) is -1.55. The molecule has 0 aliphatic carbocycles. The third-order valence-electron chi connectivity index (χ3n) is 4.26. The third kappa shape index (κ3) is 6.62. The first-order valence-corrected chi connectivity index (χ1v) is 12.1. The highest BCUT2D eigenvalue weighted by Gasteiger charge is 2.19. The van der Waals surface area contributed by atoms with Crippen molar-refractivity contribution in [2.75, 3.05) is 19.4 Å². The Morgan fingerprint density at radius 3 is 2.30 bits per heavy atom. The molecule has 0 aliphatic rings. The van der Waals surface area contributed by atoms with Gasteiger partial charge in [-0.3, -0.25) is 9.00 Å². The predicted octanol–water partition coefficient (Wildman–Crippen LogP) is 3.64. The van der Waals surface area contributed by atoms with Crippen LogP contribution in [0.4, 0.5) is 5.69 Å². The smallest absolute Gasteiger partial charge is 0.248 e. The number of hydrogen-bond acceptors (Lipinski definition) is 4. The fourth-order valence-electron chi connectivity index (χ4n) is 2.42. The minimum atomic E-state index is -3.48. The Morgan fingerprint density at radius 2 is 1.73 bits per heavy atom. The zero-order valence-corrected chi connectivity index (χ0v) is 19.5. The highest BCUT2D eigenvalue weighted by atomic mass is 32.2. The molecule has 2 rings (SSSR count). The van der Waals surface area contributed by atoms with Crippen LogP contribution >= 0.6 is 0 Å². The molecule has 0 bridgehead atoms. The maximum atomic E-state index is 12.3. The fourth-order valence-corrected chi connectivity index (χ4v) is 4.24. The van der Waals surface area contributed by atoms with E-state index in [1.54, 1.807) is 24.3 Å². The molecule has 6 nitrogen and oxygen atoms in total. The van der Waals surface area contributed by atoms with Gasteiger partial charge in [-0.25, -0.2) is 12.7 Å². The van der Waals surface area contributed by atoms with Gasteiger partial charge in [0.25, 0.3) is 0 Å². The summed E-state index contributed by atoms with van der Waals surface area (Å²) in [4.78, 5) is 12.4. The van der Waals surface area contributed by atoms with Crippen LogP contribution in [0.25, 0.3) is 6.08 Å². The van der Waals surface area contributed by atoms with E-state index in [4.69, 9.17) is 0 Å². The molecule has 2 aromatic carbocycles. The molecule has 30 heavy (non-hydrogen) atoms. The quantitative estimate of drug-likeness (QED) is 0.656. The number of anilines is 1. The summed E-state index contributed by atoms with van der Waals surface area (Å²) >= 11 is 0. The van der Waals surface area contributed by atoms with Gasteiger partial charge in [0.1, 0.15) is 0 Å². The first-order valence-electron chi connectivity index (χ1n) is 9.39.